The van der Waals surface area contributed by atoms with Crippen LogP contribution in [0.2, 0.25) is 0 Å². The van der Waals surface area contributed by atoms with Gasteiger partial charge >= 0.3 is 12.1 Å². The number of amides is 1. The second kappa shape index (κ2) is 5.00. The third kappa shape index (κ3) is 3.26. The lowest BCUT2D eigenvalue weighted by molar-refractivity contribution is -0.145. The van der Waals surface area contributed by atoms with E-state index in [1.165, 1.54) is 6.08 Å². The summed E-state index contributed by atoms with van der Waals surface area (Å²) in [6.45, 7) is 4.29. The van der Waals surface area contributed by atoms with Gasteiger partial charge < -0.3 is 14.6 Å². The first-order chi connectivity index (χ1) is 6.46. The molecule has 0 aliphatic carbocycles. The van der Waals surface area contributed by atoms with Gasteiger partial charge in [-0.15, -0.1) is 0 Å². The highest BCUT2D eigenvalue weighted by Crippen LogP contribution is 1.99. The second-order valence-corrected chi connectivity index (χ2v) is 2.64. The molecule has 0 aromatic carbocycles. The maximum absolute atomic E-state index is 10.9. The van der Waals surface area contributed by atoms with E-state index in [1.54, 1.807) is 0 Å². The van der Waals surface area contributed by atoms with E-state index in [0.717, 1.165) is 6.92 Å². The maximum atomic E-state index is 10.9. The molecule has 0 heterocycles. The zero-order chi connectivity index (χ0) is 11.2. The highest BCUT2D eigenvalue weighted by molar-refractivity contribution is 5.99. The van der Waals surface area contributed by atoms with E-state index in [1.807, 2.05) is 5.32 Å². The van der Waals surface area contributed by atoms with Crippen molar-refractivity contribution in [1.29, 1.82) is 0 Å². The molecule has 0 aliphatic heterocycles. The molecule has 0 fully saturated rings. The van der Waals surface area contributed by atoms with Gasteiger partial charge in [0.1, 0.15) is 6.61 Å². The van der Waals surface area contributed by atoms with Crippen LogP contribution in [0.5, 0.6) is 0 Å². The summed E-state index contributed by atoms with van der Waals surface area (Å²) in [4.78, 5) is 31.8. The van der Waals surface area contributed by atoms with Crippen molar-refractivity contribution in [3.05, 3.63) is 12.7 Å². The first kappa shape index (κ1) is 12.2. The van der Waals surface area contributed by atoms with Crippen LogP contribution in [0.1, 0.15) is 6.92 Å². The molecule has 0 saturated carbocycles. The molecular formula is C8H11NO5. The molecule has 0 radical (unpaired) electrons. The van der Waals surface area contributed by atoms with Crippen LogP contribution in [0.3, 0.4) is 0 Å². The number of ether oxygens (including phenoxy) is 1. The van der Waals surface area contributed by atoms with Crippen molar-refractivity contribution in [3.8, 4) is 0 Å². The molecule has 14 heavy (non-hydrogen) atoms. The van der Waals surface area contributed by atoms with Gasteiger partial charge in [-0.05, 0) is 6.92 Å². The Kier molecular flexibility index (Phi) is 4.34. The van der Waals surface area contributed by atoms with Gasteiger partial charge in [0.15, 0.2) is 11.8 Å². The number of rotatable bonds is 5. The summed E-state index contributed by atoms with van der Waals surface area (Å²) >= 11 is 0. The molecule has 0 rings (SSSR count). The minimum atomic E-state index is -1.96. The minimum Gasteiger partial charge on any atom is -0.479 e. The summed E-state index contributed by atoms with van der Waals surface area (Å²) in [6, 6.07) is 0. The molecule has 2 N–H and O–H groups in total. The van der Waals surface area contributed by atoms with E-state index in [-0.39, 0.29) is 12.9 Å². The molecule has 78 valence electrons. The van der Waals surface area contributed by atoms with Crippen LogP contribution in [-0.2, 0) is 14.3 Å². The van der Waals surface area contributed by atoms with Crippen LogP contribution in [0, 0.1) is 0 Å². The Labute approximate surface area is 80.5 Å². The Morgan fingerprint density at radius 1 is 1.64 bits per heavy atom. The van der Waals surface area contributed by atoms with Crippen LogP contribution in [-0.4, -0.2) is 35.6 Å². The van der Waals surface area contributed by atoms with E-state index >= 15 is 0 Å². The smallest absolute Gasteiger partial charge is 0.408 e. The number of nitrogens with one attached hydrogen (secondary N) is 1. The number of carbonyl (C=O) groups is 3. The van der Waals surface area contributed by atoms with E-state index in [9.17, 15) is 14.4 Å². The number of hydrogen-bond donors (Lipinski definition) is 2. The zero-order valence-corrected chi connectivity index (χ0v) is 7.65. The first-order valence-electron chi connectivity index (χ1n) is 3.72. The van der Waals surface area contributed by atoms with E-state index in [0.29, 0.717) is 0 Å². The van der Waals surface area contributed by atoms with Gasteiger partial charge in [-0.2, -0.15) is 0 Å². The summed E-state index contributed by atoms with van der Waals surface area (Å²) in [6.07, 6.45) is 0.449. The summed E-state index contributed by atoms with van der Waals surface area (Å²) in [5, 5.41) is 10.5. The fraction of sp³-hybridized carbons (Fsp3) is 0.375. The van der Waals surface area contributed by atoms with E-state index in [4.69, 9.17) is 5.11 Å². The average Bonchev–Trinajstić information content (AvgIpc) is 2.14. The van der Waals surface area contributed by atoms with Crippen LogP contribution < -0.4 is 5.32 Å². The van der Waals surface area contributed by atoms with Gasteiger partial charge in [0.2, 0.25) is 0 Å². The van der Waals surface area contributed by atoms with Gasteiger partial charge in [-0.25, -0.2) is 9.59 Å². The number of carboxylic acid groups (broad SMARTS) is 1. The number of aldehydes is 1. The zero-order valence-electron chi connectivity index (χ0n) is 7.65. The van der Waals surface area contributed by atoms with Gasteiger partial charge in [0.25, 0.3) is 0 Å². The summed E-state index contributed by atoms with van der Waals surface area (Å²) < 4.78 is 4.45. The van der Waals surface area contributed by atoms with Crippen molar-refractivity contribution in [2.45, 2.75) is 12.5 Å². The van der Waals surface area contributed by atoms with Gasteiger partial charge in [0, 0.05) is 0 Å². The molecule has 6 heteroatoms. The predicted molar refractivity (Wildman–Crippen MR) is 46.8 cm³/mol. The largest absolute Gasteiger partial charge is 0.479 e. The van der Waals surface area contributed by atoms with Crippen molar-refractivity contribution in [3.63, 3.8) is 0 Å². The van der Waals surface area contributed by atoms with Crippen molar-refractivity contribution < 1.29 is 24.2 Å². The highest BCUT2D eigenvalue weighted by atomic mass is 16.5. The number of alkyl carbamates (subject to hydrolysis) is 1. The third-order valence-electron chi connectivity index (χ3n) is 1.37. The average molecular weight is 201 g/mol. The van der Waals surface area contributed by atoms with Gasteiger partial charge in [-0.3, -0.25) is 5.32 Å². The normalized spacial score (nSPS) is 13.5. The van der Waals surface area contributed by atoms with Crippen LogP contribution in [0.15, 0.2) is 12.7 Å². The lowest BCUT2D eigenvalue weighted by atomic mass is 10.1. The topological polar surface area (TPSA) is 92.7 Å². The van der Waals surface area contributed by atoms with E-state index in [2.05, 4.69) is 11.3 Å². The van der Waals surface area contributed by atoms with Crippen LogP contribution in [0.25, 0.3) is 0 Å². The molecule has 0 saturated heterocycles. The monoisotopic (exact) mass is 201 g/mol. The molecule has 1 atom stereocenters. The Bertz CT molecular complexity index is 262. The van der Waals surface area contributed by atoms with Crippen molar-refractivity contribution in [2.75, 3.05) is 6.61 Å². The summed E-state index contributed by atoms with van der Waals surface area (Å²) in [5.74, 6) is -1.46. The first-order valence-corrected chi connectivity index (χ1v) is 3.72. The molecule has 1 unspecified atom stereocenters. The Hall–Kier alpha value is -1.85. The maximum Gasteiger partial charge on any atom is 0.408 e. The molecule has 0 aromatic rings. The number of carbonyl (C=O) groups excluding carboxylic acids is 2. The van der Waals surface area contributed by atoms with Gasteiger partial charge in [0.05, 0.1) is 0 Å². The Morgan fingerprint density at radius 3 is 2.57 bits per heavy atom. The van der Waals surface area contributed by atoms with Crippen molar-refractivity contribution in [1.82, 2.24) is 5.32 Å². The van der Waals surface area contributed by atoms with Crippen molar-refractivity contribution >= 4 is 18.3 Å². The lowest BCUT2D eigenvalue weighted by Gasteiger charge is -2.18. The highest BCUT2D eigenvalue weighted by Gasteiger charge is 2.35. The fourth-order valence-corrected chi connectivity index (χ4v) is 0.516. The molecule has 0 aliphatic rings. The lowest BCUT2D eigenvalue weighted by Crippen LogP contribution is -2.53. The SMILES string of the molecule is C=CCOC(=O)NC(C)(C=O)C(=O)O. The molecule has 0 spiro atoms. The minimum absolute atomic E-state index is 0.0552. The number of aliphatic carboxylic acids is 1. The summed E-state index contributed by atoms with van der Waals surface area (Å²) in [7, 11) is 0. The second-order valence-electron chi connectivity index (χ2n) is 2.64. The molecule has 1 amide bonds. The van der Waals surface area contributed by atoms with Crippen LogP contribution in [0.4, 0.5) is 4.79 Å². The summed E-state index contributed by atoms with van der Waals surface area (Å²) in [5.41, 5.74) is -1.96. The third-order valence-corrected chi connectivity index (χ3v) is 1.37. The van der Waals surface area contributed by atoms with E-state index < -0.39 is 17.6 Å². The fourth-order valence-electron chi connectivity index (χ4n) is 0.516. The molecular weight excluding hydrogens is 190 g/mol. The predicted octanol–water partition coefficient (Wildman–Crippen LogP) is -0.0592. The van der Waals surface area contributed by atoms with Crippen molar-refractivity contribution in [2.24, 2.45) is 0 Å². The number of hydrogen-bond acceptors (Lipinski definition) is 4. The molecule has 0 bridgehead atoms. The molecule has 6 nitrogen and oxygen atoms in total. The number of carboxylic acids is 1. The Balaban J connectivity index is 4.31. The quantitative estimate of drug-likeness (QED) is 0.369. The van der Waals surface area contributed by atoms with Crippen LogP contribution >= 0.6 is 0 Å². The Morgan fingerprint density at radius 2 is 2.21 bits per heavy atom. The molecule has 0 aromatic heterocycles. The van der Waals surface area contributed by atoms with Gasteiger partial charge in [-0.1, -0.05) is 12.7 Å². The standard InChI is InChI=1S/C8H11NO5/c1-3-4-14-7(13)9-8(2,5-10)6(11)12/h3,5H,1,4H2,2H3,(H,9,13)(H,11,12).